The highest BCUT2D eigenvalue weighted by Gasteiger charge is 2.28. The summed E-state index contributed by atoms with van der Waals surface area (Å²) in [5.74, 6) is -0.623. The van der Waals surface area contributed by atoms with Crippen LogP contribution in [-0.4, -0.2) is 44.2 Å². The van der Waals surface area contributed by atoms with E-state index in [4.69, 9.17) is 0 Å². The highest BCUT2D eigenvalue weighted by Crippen LogP contribution is 2.36. The Labute approximate surface area is 148 Å². The summed E-state index contributed by atoms with van der Waals surface area (Å²) in [5, 5.41) is 14.7. The van der Waals surface area contributed by atoms with Crippen LogP contribution >= 0.6 is 11.8 Å². The average molecular weight is 363 g/mol. The van der Waals surface area contributed by atoms with Crippen molar-refractivity contribution in [2.24, 2.45) is 0 Å². The molecule has 3 rings (SSSR count). The molecule has 7 nitrogen and oxygen atoms in total. The molecule has 25 heavy (non-hydrogen) atoms. The van der Waals surface area contributed by atoms with Crippen LogP contribution in [0.3, 0.4) is 0 Å². The largest absolute Gasteiger partial charge is 0.356 e. The number of Topliss-reactive ketones (excluding diaryl/α,β-unsaturated/α-hetero) is 1. The van der Waals surface area contributed by atoms with Crippen molar-refractivity contribution in [2.75, 3.05) is 12.3 Å². The van der Waals surface area contributed by atoms with Gasteiger partial charge in [-0.05, 0) is 41.3 Å². The molecular formula is C16H18FN5O2S. The minimum Gasteiger partial charge on any atom is -0.356 e. The standard InChI is InChI=1S/C16H18FN5O2S/c1-10(23)18-7-6-11-2-3-12(8-14(11)17)15(24)9-25-16-19-20-21-22(16)13-4-5-13/h2-3,8,13H,4-7,9H2,1H3,(H,18,23). The second-order valence-corrected chi connectivity index (χ2v) is 6.83. The van der Waals surface area contributed by atoms with Crippen molar-refractivity contribution in [1.29, 1.82) is 0 Å². The molecule has 0 atom stereocenters. The Morgan fingerprint density at radius 3 is 2.88 bits per heavy atom. The van der Waals surface area contributed by atoms with Crippen LogP contribution in [-0.2, 0) is 11.2 Å². The average Bonchev–Trinajstić information content (AvgIpc) is 3.32. The molecule has 1 aromatic heterocycles. The molecule has 0 spiro atoms. The number of benzene rings is 1. The van der Waals surface area contributed by atoms with Crippen LogP contribution in [0.4, 0.5) is 4.39 Å². The number of aromatic nitrogens is 4. The monoisotopic (exact) mass is 363 g/mol. The van der Waals surface area contributed by atoms with Gasteiger partial charge in [-0.2, -0.15) is 0 Å². The number of amides is 1. The van der Waals surface area contributed by atoms with Gasteiger partial charge in [-0.1, -0.05) is 23.9 Å². The quantitative estimate of drug-likeness (QED) is 0.568. The first-order valence-electron chi connectivity index (χ1n) is 8.01. The van der Waals surface area contributed by atoms with Gasteiger partial charge in [-0.25, -0.2) is 9.07 Å². The van der Waals surface area contributed by atoms with E-state index in [2.05, 4.69) is 20.8 Å². The lowest BCUT2D eigenvalue weighted by Gasteiger charge is -2.07. The molecule has 1 fully saturated rings. The van der Waals surface area contributed by atoms with E-state index in [1.807, 2.05) is 0 Å². The van der Waals surface area contributed by atoms with Gasteiger partial charge in [-0.3, -0.25) is 9.59 Å². The van der Waals surface area contributed by atoms with Gasteiger partial charge in [0.15, 0.2) is 5.78 Å². The zero-order valence-corrected chi connectivity index (χ0v) is 14.6. The number of hydrogen-bond donors (Lipinski definition) is 1. The zero-order valence-electron chi connectivity index (χ0n) is 13.7. The maximum atomic E-state index is 14.1. The SMILES string of the molecule is CC(=O)NCCc1ccc(C(=O)CSc2nnnn2C2CC2)cc1F. The van der Waals surface area contributed by atoms with E-state index in [1.54, 1.807) is 16.8 Å². The summed E-state index contributed by atoms with van der Waals surface area (Å²) < 4.78 is 15.9. The maximum absolute atomic E-state index is 14.1. The topological polar surface area (TPSA) is 89.8 Å². The second-order valence-electron chi connectivity index (χ2n) is 5.89. The van der Waals surface area contributed by atoms with Gasteiger partial charge < -0.3 is 5.32 Å². The van der Waals surface area contributed by atoms with Crippen molar-refractivity contribution >= 4 is 23.5 Å². The molecule has 1 N–H and O–H groups in total. The van der Waals surface area contributed by atoms with E-state index in [9.17, 15) is 14.0 Å². The van der Waals surface area contributed by atoms with E-state index in [-0.39, 0.29) is 17.4 Å². The van der Waals surface area contributed by atoms with Gasteiger partial charge >= 0.3 is 0 Å². The third-order valence-electron chi connectivity index (χ3n) is 3.83. The molecule has 0 saturated heterocycles. The number of nitrogens with zero attached hydrogens (tertiary/aromatic N) is 4. The number of hydrogen-bond acceptors (Lipinski definition) is 6. The van der Waals surface area contributed by atoms with Crippen LogP contribution in [0.5, 0.6) is 0 Å². The van der Waals surface area contributed by atoms with Gasteiger partial charge in [0.25, 0.3) is 0 Å². The van der Waals surface area contributed by atoms with E-state index in [0.29, 0.717) is 35.3 Å². The van der Waals surface area contributed by atoms with Crippen LogP contribution in [0.25, 0.3) is 0 Å². The molecule has 132 valence electrons. The van der Waals surface area contributed by atoms with Gasteiger partial charge in [0, 0.05) is 19.0 Å². The van der Waals surface area contributed by atoms with Crippen LogP contribution in [0.15, 0.2) is 23.4 Å². The molecule has 2 aromatic rings. The first-order valence-corrected chi connectivity index (χ1v) is 9.00. The first-order chi connectivity index (χ1) is 12.0. The highest BCUT2D eigenvalue weighted by molar-refractivity contribution is 7.99. The first kappa shape index (κ1) is 17.5. The summed E-state index contributed by atoms with van der Waals surface area (Å²) >= 11 is 1.26. The van der Waals surface area contributed by atoms with Crippen molar-refractivity contribution in [1.82, 2.24) is 25.5 Å². The fraction of sp³-hybridized carbons (Fsp3) is 0.438. The molecule has 9 heteroatoms. The van der Waals surface area contributed by atoms with Crippen molar-refractivity contribution in [3.63, 3.8) is 0 Å². The number of carbonyl (C=O) groups excluding carboxylic acids is 2. The molecule has 0 aliphatic heterocycles. The predicted octanol–water partition coefficient (Wildman–Crippen LogP) is 1.80. The fourth-order valence-corrected chi connectivity index (χ4v) is 3.18. The fourth-order valence-electron chi connectivity index (χ4n) is 2.34. The second kappa shape index (κ2) is 7.73. The van der Waals surface area contributed by atoms with Gasteiger partial charge in [-0.15, -0.1) is 5.10 Å². The van der Waals surface area contributed by atoms with Crippen molar-refractivity contribution in [2.45, 2.75) is 37.4 Å². The van der Waals surface area contributed by atoms with Crippen molar-refractivity contribution < 1.29 is 14.0 Å². The third-order valence-corrected chi connectivity index (χ3v) is 4.76. The maximum Gasteiger partial charge on any atom is 0.216 e. The molecule has 0 radical (unpaired) electrons. The van der Waals surface area contributed by atoms with Gasteiger partial charge in [0.1, 0.15) is 5.82 Å². The van der Waals surface area contributed by atoms with Crippen LogP contribution in [0.2, 0.25) is 0 Å². The number of nitrogens with one attached hydrogen (secondary N) is 1. The lowest BCUT2D eigenvalue weighted by atomic mass is 10.1. The van der Waals surface area contributed by atoms with Gasteiger partial charge in [0.2, 0.25) is 11.1 Å². The molecule has 1 aliphatic rings. The Bertz CT molecular complexity index is 791. The summed E-state index contributed by atoms with van der Waals surface area (Å²) in [7, 11) is 0. The minimum atomic E-state index is -0.441. The number of carbonyl (C=O) groups is 2. The van der Waals surface area contributed by atoms with Crippen LogP contribution < -0.4 is 5.32 Å². The molecule has 0 unspecified atom stereocenters. The van der Waals surface area contributed by atoms with E-state index in [0.717, 1.165) is 12.8 Å². The number of thioether (sulfide) groups is 1. The Morgan fingerprint density at radius 1 is 1.40 bits per heavy atom. The number of tetrazole rings is 1. The summed E-state index contributed by atoms with van der Waals surface area (Å²) in [5.41, 5.74) is 0.786. The van der Waals surface area contributed by atoms with Gasteiger partial charge in [0.05, 0.1) is 11.8 Å². The Balaban J connectivity index is 1.57. The summed E-state index contributed by atoms with van der Waals surface area (Å²) in [6.45, 7) is 1.77. The molecule has 1 heterocycles. The molecule has 1 saturated carbocycles. The minimum absolute atomic E-state index is 0.151. The van der Waals surface area contributed by atoms with E-state index in [1.165, 1.54) is 24.8 Å². The molecule has 1 aromatic carbocycles. The predicted molar refractivity (Wildman–Crippen MR) is 89.9 cm³/mol. The van der Waals surface area contributed by atoms with Crippen molar-refractivity contribution in [3.05, 3.63) is 35.1 Å². The smallest absolute Gasteiger partial charge is 0.216 e. The summed E-state index contributed by atoms with van der Waals surface area (Å²) in [4.78, 5) is 23.1. The Kier molecular flexibility index (Phi) is 5.42. The Morgan fingerprint density at radius 2 is 2.20 bits per heavy atom. The normalized spacial score (nSPS) is 13.7. The Hall–Kier alpha value is -2.29. The number of rotatable bonds is 8. The zero-order chi connectivity index (χ0) is 17.8. The van der Waals surface area contributed by atoms with Crippen molar-refractivity contribution in [3.8, 4) is 0 Å². The number of halogens is 1. The summed E-state index contributed by atoms with van der Waals surface area (Å²) in [6.07, 6.45) is 2.49. The van der Waals surface area contributed by atoms with Crippen LogP contribution in [0.1, 0.15) is 41.7 Å². The van der Waals surface area contributed by atoms with E-state index < -0.39 is 5.82 Å². The molecular weight excluding hydrogens is 345 g/mol. The molecule has 0 bridgehead atoms. The number of ketones is 1. The highest BCUT2D eigenvalue weighted by atomic mass is 32.2. The third kappa shape index (κ3) is 4.62. The lowest BCUT2D eigenvalue weighted by molar-refractivity contribution is -0.118. The molecule has 1 amide bonds. The molecule has 1 aliphatic carbocycles. The van der Waals surface area contributed by atoms with E-state index >= 15 is 0 Å². The lowest BCUT2D eigenvalue weighted by Crippen LogP contribution is -2.22. The van der Waals surface area contributed by atoms with Crippen LogP contribution in [0, 0.1) is 5.82 Å². The summed E-state index contributed by atoms with van der Waals surface area (Å²) in [6, 6.07) is 4.78.